The number of ether oxygens (including phenoxy) is 2. The Morgan fingerprint density at radius 3 is 1.22 bits per heavy atom. The fourth-order valence-corrected chi connectivity index (χ4v) is 8.51. The van der Waals surface area contributed by atoms with Crippen molar-refractivity contribution in [2.75, 3.05) is 13.2 Å². The molecule has 2 aliphatic heterocycles. The molecule has 4 atom stereocenters. The van der Waals surface area contributed by atoms with E-state index >= 15 is 0 Å². The minimum absolute atomic E-state index is 0.00980. The zero-order valence-electron chi connectivity index (χ0n) is 33.5. The van der Waals surface area contributed by atoms with Gasteiger partial charge in [0.15, 0.2) is 0 Å². The van der Waals surface area contributed by atoms with Gasteiger partial charge in [-0.15, -0.1) is 0 Å². The van der Waals surface area contributed by atoms with Gasteiger partial charge in [-0.05, 0) is 132 Å². The van der Waals surface area contributed by atoms with Crippen LogP contribution in [0.15, 0.2) is 60.7 Å². The molecule has 6 nitrogen and oxygen atoms in total. The number of hydrogen-bond donors (Lipinski definition) is 0. The van der Waals surface area contributed by atoms with E-state index in [9.17, 15) is 0 Å². The van der Waals surface area contributed by atoms with Gasteiger partial charge in [-0.2, -0.15) is 10.1 Å². The molecule has 0 aromatic heterocycles. The molecule has 2 fully saturated rings. The van der Waals surface area contributed by atoms with Crippen molar-refractivity contribution in [2.45, 2.75) is 193 Å². The van der Waals surface area contributed by atoms with Gasteiger partial charge in [-0.1, -0.05) is 86.3 Å². The van der Waals surface area contributed by atoms with E-state index in [1.54, 1.807) is 0 Å². The lowest BCUT2D eigenvalue weighted by Gasteiger charge is -2.47. The van der Waals surface area contributed by atoms with Crippen LogP contribution in [0.1, 0.15) is 170 Å². The predicted molar refractivity (Wildman–Crippen MR) is 207 cm³/mol. The molecule has 6 heteroatoms. The third-order valence-corrected chi connectivity index (χ3v) is 11.1. The van der Waals surface area contributed by atoms with Crippen molar-refractivity contribution in [3.8, 4) is 0 Å². The molecule has 50 heavy (non-hydrogen) atoms. The Labute approximate surface area is 306 Å². The summed E-state index contributed by atoms with van der Waals surface area (Å²) in [5.41, 5.74) is 2.06. The Morgan fingerprint density at radius 1 is 0.520 bits per heavy atom. The highest BCUT2D eigenvalue weighted by molar-refractivity contribution is 5.17. The number of unbranched alkanes of at least 4 members (excludes halogenated alkanes) is 5. The van der Waals surface area contributed by atoms with Gasteiger partial charge in [-0.25, -0.2) is 0 Å². The van der Waals surface area contributed by atoms with Crippen LogP contribution in [0.3, 0.4) is 0 Å². The molecule has 282 valence electrons. The molecular formula is C44H72N2O4. The number of nitrogens with zero attached hydrogens (tertiary/aromatic N) is 2. The number of hydrogen-bond acceptors (Lipinski definition) is 6. The van der Waals surface area contributed by atoms with Crippen LogP contribution < -0.4 is 0 Å². The molecule has 0 saturated carbocycles. The van der Waals surface area contributed by atoms with E-state index in [0.717, 1.165) is 64.6 Å². The van der Waals surface area contributed by atoms with Crippen molar-refractivity contribution in [3.63, 3.8) is 0 Å². The van der Waals surface area contributed by atoms with Crippen molar-refractivity contribution < 1.29 is 19.1 Å². The minimum Gasteiger partial charge on any atom is -0.378 e. The molecule has 0 bridgehead atoms. The molecule has 4 rings (SSSR count). The van der Waals surface area contributed by atoms with Gasteiger partial charge >= 0.3 is 0 Å². The van der Waals surface area contributed by atoms with Crippen LogP contribution in [0.4, 0.5) is 0 Å². The summed E-state index contributed by atoms with van der Waals surface area (Å²) >= 11 is 0. The third kappa shape index (κ3) is 11.9. The molecule has 4 unspecified atom stereocenters. The smallest absolute Gasteiger partial charge is 0.102 e. The van der Waals surface area contributed by atoms with Gasteiger partial charge in [0.1, 0.15) is 12.2 Å². The Hall–Kier alpha value is -1.80. The van der Waals surface area contributed by atoms with E-state index in [2.05, 4.69) is 140 Å². The Morgan fingerprint density at radius 2 is 0.860 bits per heavy atom. The van der Waals surface area contributed by atoms with Gasteiger partial charge in [0.25, 0.3) is 0 Å². The molecule has 2 aromatic rings. The summed E-state index contributed by atoms with van der Waals surface area (Å²) in [4.78, 5) is 13.4. The lowest BCUT2D eigenvalue weighted by atomic mass is 9.94. The van der Waals surface area contributed by atoms with E-state index in [1.807, 2.05) is 0 Å². The van der Waals surface area contributed by atoms with Crippen LogP contribution in [0, 0.1) is 0 Å². The zero-order chi connectivity index (χ0) is 36.4. The lowest BCUT2D eigenvalue weighted by Crippen LogP contribution is -2.54. The van der Waals surface area contributed by atoms with E-state index in [-0.39, 0.29) is 46.6 Å². The Bertz CT molecular complexity index is 1150. The fraction of sp³-hybridized carbons (Fsp3) is 0.727. The first kappa shape index (κ1) is 41.0. The summed E-state index contributed by atoms with van der Waals surface area (Å²) in [6.07, 6.45) is 14.0. The van der Waals surface area contributed by atoms with Gasteiger partial charge in [0.2, 0.25) is 0 Å². The standard InChI is InChI=1S/C44H72N2O4/c1-35(37-23-17-15-18-24-37)49-45-41(3,4)29-27-39(33-43(45,7)8)47-31-21-13-11-12-14-22-32-48-40-28-30-42(5,6)46(44(9,10)34-40)50-36(2)38-25-19-16-20-26-38/h15-20,23-26,35-36,39-40H,11-14,21-22,27-34H2,1-10H3. The first-order chi connectivity index (χ1) is 23.6. The lowest BCUT2D eigenvalue weighted by molar-refractivity contribution is -0.290. The molecule has 0 aliphatic carbocycles. The second kappa shape index (κ2) is 18.3. The normalized spacial score (nSPS) is 25.0. The summed E-state index contributed by atoms with van der Waals surface area (Å²) in [6, 6.07) is 21.1. The molecule has 2 aliphatic rings. The van der Waals surface area contributed by atoms with Crippen molar-refractivity contribution in [3.05, 3.63) is 71.8 Å². The van der Waals surface area contributed by atoms with Crippen LogP contribution in [-0.2, 0) is 19.1 Å². The average Bonchev–Trinajstić information content (AvgIpc) is 3.21. The van der Waals surface area contributed by atoms with Crippen molar-refractivity contribution in [2.24, 2.45) is 0 Å². The number of benzene rings is 2. The molecule has 2 heterocycles. The Balaban J connectivity index is 1.10. The fourth-order valence-electron chi connectivity index (χ4n) is 8.51. The third-order valence-electron chi connectivity index (χ3n) is 11.1. The molecular weight excluding hydrogens is 620 g/mol. The van der Waals surface area contributed by atoms with Crippen LogP contribution in [0.2, 0.25) is 0 Å². The van der Waals surface area contributed by atoms with Gasteiger partial charge in [0, 0.05) is 35.4 Å². The van der Waals surface area contributed by atoms with Crippen LogP contribution >= 0.6 is 0 Å². The summed E-state index contributed by atoms with van der Waals surface area (Å²) in [5, 5.41) is 4.55. The highest BCUT2D eigenvalue weighted by Gasteiger charge is 2.46. The maximum Gasteiger partial charge on any atom is 0.102 e. The molecule has 0 N–H and O–H groups in total. The molecule has 0 amide bonds. The maximum atomic E-state index is 6.68. The SMILES string of the molecule is CC(ON1C(C)(C)CCC(OCCCCCCCCOC2CCC(C)(C)N(OC(C)c3ccccc3)C(C)(C)C2)CC1(C)C)c1ccccc1. The number of rotatable bonds is 17. The van der Waals surface area contributed by atoms with Gasteiger partial charge < -0.3 is 9.47 Å². The van der Waals surface area contributed by atoms with Crippen molar-refractivity contribution >= 4 is 0 Å². The summed E-state index contributed by atoms with van der Waals surface area (Å²) < 4.78 is 13.0. The second-order valence-corrected chi connectivity index (χ2v) is 17.7. The molecule has 2 saturated heterocycles. The van der Waals surface area contributed by atoms with Crippen LogP contribution in [0.25, 0.3) is 0 Å². The van der Waals surface area contributed by atoms with Crippen LogP contribution in [0.5, 0.6) is 0 Å². The maximum absolute atomic E-state index is 6.68. The average molecular weight is 693 g/mol. The van der Waals surface area contributed by atoms with E-state index in [4.69, 9.17) is 19.1 Å². The van der Waals surface area contributed by atoms with Crippen molar-refractivity contribution in [1.29, 1.82) is 0 Å². The number of hydroxylamine groups is 4. The first-order valence-corrected chi connectivity index (χ1v) is 19.9. The van der Waals surface area contributed by atoms with Gasteiger partial charge in [-0.3, -0.25) is 9.68 Å². The molecule has 0 spiro atoms. The Kier molecular flexibility index (Phi) is 15.0. The van der Waals surface area contributed by atoms with E-state index < -0.39 is 0 Å². The molecule has 2 aromatic carbocycles. The molecule has 0 radical (unpaired) electrons. The largest absolute Gasteiger partial charge is 0.378 e. The monoisotopic (exact) mass is 693 g/mol. The van der Waals surface area contributed by atoms with E-state index in [1.165, 1.54) is 36.8 Å². The highest BCUT2D eigenvalue weighted by atomic mass is 16.7. The zero-order valence-corrected chi connectivity index (χ0v) is 33.5. The van der Waals surface area contributed by atoms with Crippen molar-refractivity contribution in [1.82, 2.24) is 10.1 Å². The van der Waals surface area contributed by atoms with E-state index in [0.29, 0.717) is 0 Å². The quantitative estimate of drug-likeness (QED) is 0.154. The summed E-state index contributed by atoms with van der Waals surface area (Å²) in [7, 11) is 0. The minimum atomic E-state index is -0.118. The van der Waals surface area contributed by atoms with Gasteiger partial charge in [0.05, 0.1) is 12.2 Å². The predicted octanol–water partition coefficient (Wildman–Crippen LogP) is 11.6. The highest BCUT2D eigenvalue weighted by Crippen LogP contribution is 2.41. The second-order valence-electron chi connectivity index (χ2n) is 17.7. The summed E-state index contributed by atoms with van der Waals surface area (Å²) in [5.74, 6) is 0. The van der Waals surface area contributed by atoms with Crippen LogP contribution in [-0.4, -0.2) is 57.7 Å². The summed E-state index contributed by atoms with van der Waals surface area (Å²) in [6.45, 7) is 24.5. The first-order valence-electron chi connectivity index (χ1n) is 19.9. The topological polar surface area (TPSA) is 43.4 Å².